The van der Waals surface area contributed by atoms with Crippen molar-refractivity contribution in [2.45, 2.75) is 6.92 Å². The topological polar surface area (TPSA) is 29.1 Å². The van der Waals surface area contributed by atoms with Crippen molar-refractivity contribution in [3.8, 4) is 12.3 Å². The van der Waals surface area contributed by atoms with E-state index in [4.69, 9.17) is 6.42 Å². The molecule has 0 aliphatic heterocycles. The third kappa shape index (κ3) is 2.74. The first-order chi connectivity index (χ1) is 8.19. The van der Waals surface area contributed by atoms with Crippen molar-refractivity contribution >= 4 is 22.9 Å². The van der Waals surface area contributed by atoms with E-state index in [1.165, 1.54) is 11.3 Å². The first kappa shape index (κ1) is 11.4. The monoisotopic (exact) mass is 241 g/mol. The lowest BCUT2D eigenvalue weighted by molar-refractivity contribution is 0.103. The van der Waals surface area contributed by atoms with Crippen LogP contribution in [-0.4, -0.2) is 5.91 Å². The van der Waals surface area contributed by atoms with E-state index in [1.54, 1.807) is 6.07 Å². The highest BCUT2D eigenvalue weighted by Crippen LogP contribution is 2.17. The molecule has 3 heteroatoms. The van der Waals surface area contributed by atoms with Gasteiger partial charge in [-0.1, -0.05) is 12.0 Å². The van der Waals surface area contributed by atoms with Crippen molar-refractivity contribution in [3.05, 3.63) is 51.7 Å². The molecule has 0 aliphatic carbocycles. The lowest BCUT2D eigenvalue weighted by atomic mass is 10.2. The normalized spacial score (nSPS) is 9.65. The highest BCUT2D eigenvalue weighted by molar-refractivity contribution is 7.14. The molecular formula is C14H11NOS. The lowest BCUT2D eigenvalue weighted by Crippen LogP contribution is -2.09. The number of nitrogens with one attached hydrogen (secondary N) is 1. The Morgan fingerprint density at radius 2 is 2.18 bits per heavy atom. The predicted molar refractivity (Wildman–Crippen MR) is 71.4 cm³/mol. The minimum absolute atomic E-state index is 0.0997. The first-order valence-electron chi connectivity index (χ1n) is 5.13. The Morgan fingerprint density at radius 3 is 2.82 bits per heavy atom. The van der Waals surface area contributed by atoms with Gasteiger partial charge < -0.3 is 5.32 Å². The summed E-state index contributed by atoms with van der Waals surface area (Å²) in [5.74, 6) is 2.44. The third-order valence-corrected chi connectivity index (χ3v) is 3.25. The summed E-state index contributed by atoms with van der Waals surface area (Å²) in [5, 5.41) is 2.82. The summed E-state index contributed by atoms with van der Waals surface area (Å²) in [5.41, 5.74) is 1.47. The number of carbonyl (C=O) groups is 1. The zero-order chi connectivity index (χ0) is 12.3. The van der Waals surface area contributed by atoms with E-state index in [0.29, 0.717) is 4.88 Å². The van der Waals surface area contributed by atoms with Gasteiger partial charge in [-0.3, -0.25) is 4.79 Å². The zero-order valence-electron chi connectivity index (χ0n) is 9.36. The van der Waals surface area contributed by atoms with Crippen LogP contribution in [0.5, 0.6) is 0 Å². The molecule has 0 fully saturated rings. The van der Waals surface area contributed by atoms with E-state index >= 15 is 0 Å². The van der Waals surface area contributed by atoms with Crippen LogP contribution >= 0.6 is 11.3 Å². The minimum atomic E-state index is -0.0997. The minimum Gasteiger partial charge on any atom is -0.321 e. The molecule has 1 amide bonds. The molecule has 2 nitrogen and oxygen atoms in total. The summed E-state index contributed by atoms with van der Waals surface area (Å²) in [6.45, 7) is 1.97. The van der Waals surface area contributed by atoms with Gasteiger partial charge in [0.1, 0.15) is 0 Å². The molecule has 0 radical (unpaired) electrons. The fourth-order valence-electron chi connectivity index (χ4n) is 1.44. The van der Waals surface area contributed by atoms with Crippen LogP contribution in [0.1, 0.15) is 20.1 Å². The van der Waals surface area contributed by atoms with E-state index < -0.39 is 0 Å². The molecule has 0 aliphatic rings. The maximum Gasteiger partial charge on any atom is 0.265 e. The van der Waals surface area contributed by atoms with Gasteiger partial charge in [0.25, 0.3) is 5.91 Å². The molecule has 2 rings (SSSR count). The molecule has 84 valence electrons. The molecule has 2 aromatic rings. The Bertz CT molecular complexity index is 592. The van der Waals surface area contributed by atoms with Crippen LogP contribution in [0, 0.1) is 19.3 Å². The number of rotatable bonds is 2. The van der Waals surface area contributed by atoms with E-state index in [9.17, 15) is 4.79 Å². The molecular weight excluding hydrogens is 230 g/mol. The average molecular weight is 241 g/mol. The Kier molecular flexibility index (Phi) is 3.27. The van der Waals surface area contributed by atoms with Crippen molar-refractivity contribution in [1.29, 1.82) is 0 Å². The molecule has 1 N–H and O–H groups in total. The second kappa shape index (κ2) is 4.86. The summed E-state index contributed by atoms with van der Waals surface area (Å²) in [7, 11) is 0. The standard InChI is InChI=1S/C14H11NOS/c1-3-11-5-4-6-12(9-11)15-14(16)13-8-7-10(2)17-13/h1,4-9H,2H3,(H,15,16). The van der Waals surface area contributed by atoms with Gasteiger partial charge in [0, 0.05) is 16.1 Å². The molecule has 0 saturated carbocycles. The van der Waals surface area contributed by atoms with E-state index in [-0.39, 0.29) is 5.91 Å². The number of terminal acetylenes is 1. The lowest BCUT2D eigenvalue weighted by Gasteiger charge is -2.03. The van der Waals surface area contributed by atoms with Gasteiger partial charge in [0.05, 0.1) is 4.88 Å². The van der Waals surface area contributed by atoms with Gasteiger partial charge in [0.15, 0.2) is 0 Å². The van der Waals surface area contributed by atoms with Crippen LogP contribution in [-0.2, 0) is 0 Å². The van der Waals surface area contributed by atoms with E-state index in [2.05, 4.69) is 11.2 Å². The van der Waals surface area contributed by atoms with Crippen molar-refractivity contribution in [2.75, 3.05) is 5.32 Å². The summed E-state index contributed by atoms with van der Waals surface area (Å²) in [6.07, 6.45) is 5.30. The summed E-state index contributed by atoms with van der Waals surface area (Å²) >= 11 is 1.47. The number of hydrogen-bond donors (Lipinski definition) is 1. The maximum absolute atomic E-state index is 11.9. The van der Waals surface area contributed by atoms with Crippen LogP contribution in [0.15, 0.2) is 36.4 Å². The van der Waals surface area contributed by atoms with Crippen molar-refractivity contribution in [3.63, 3.8) is 0 Å². The number of hydrogen-bond acceptors (Lipinski definition) is 2. The van der Waals surface area contributed by atoms with Gasteiger partial charge in [-0.05, 0) is 37.3 Å². The molecule has 0 spiro atoms. The van der Waals surface area contributed by atoms with E-state index in [1.807, 2.05) is 37.3 Å². The fraction of sp³-hybridized carbons (Fsp3) is 0.0714. The number of benzene rings is 1. The Hall–Kier alpha value is -2.05. The van der Waals surface area contributed by atoms with Gasteiger partial charge in [-0.25, -0.2) is 0 Å². The summed E-state index contributed by atoms with van der Waals surface area (Å²) in [4.78, 5) is 13.7. The van der Waals surface area contributed by atoms with Crippen LogP contribution in [0.4, 0.5) is 5.69 Å². The quantitative estimate of drug-likeness (QED) is 0.803. The van der Waals surface area contributed by atoms with Gasteiger partial charge >= 0.3 is 0 Å². The Labute approximate surface area is 104 Å². The third-order valence-electron chi connectivity index (χ3n) is 2.25. The molecule has 0 saturated heterocycles. The summed E-state index contributed by atoms with van der Waals surface area (Å²) < 4.78 is 0. The second-order valence-electron chi connectivity index (χ2n) is 3.59. The van der Waals surface area contributed by atoms with Crippen molar-refractivity contribution in [1.82, 2.24) is 0 Å². The number of amides is 1. The molecule has 0 atom stereocenters. The molecule has 17 heavy (non-hydrogen) atoms. The molecule has 1 aromatic heterocycles. The number of thiophene rings is 1. The highest BCUT2D eigenvalue weighted by atomic mass is 32.1. The molecule has 1 aromatic carbocycles. The first-order valence-corrected chi connectivity index (χ1v) is 5.95. The number of carbonyl (C=O) groups excluding carboxylic acids is 1. The molecule has 0 unspecified atom stereocenters. The molecule has 1 heterocycles. The Morgan fingerprint density at radius 1 is 1.35 bits per heavy atom. The maximum atomic E-state index is 11.9. The SMILES string of the molecule is C#Cc1cccc(NC(=O)c2ccc(C)s2)c1. The van der Waals surface area contributed by atoms with Gasteiger partial charge in [0.2, 0.25) is 0 Å². The number of aryl methyl sites for hydroxylation is 1. The zero-order valence-corrected chi connectivity index (χ0v) is 10.2. The van der Waals surface area contributed by atoms with Crippen LogP contribution in [0.3, 0.4) is 0 Å². The van der Waals surface area contributed by atoms with Crippen molar-refractivity contribution in [2.24, 2.45) is 0 Å². The summed E-state index contributed by atoms with van der Waals surface area (Å²) in [6, 6.07) is 11.0. The van der Waals surface area contributed by atoms with Gasteiger partial charge in [-0.2, -0.15) is 0 Å². The Balaban J connectivity index is 2.16. The highest BCUT2D eigenvalue weighted by Gasteiger charge is 2.08. The second-order valence-corrected chi connectivity index (χ2v) is 4.88. The van der Waals surface area contributed by atoms with E-state index in [0.717, 1.165) is 16.1 Å². The predicted octanol–water partition coefficient (Wildman–Crippen LogP) is 3.29. The fourth-order valence-corrected chi connectivity index (χ4v) is 2.20. The number of anilines is 1. The van der Waals surface area contributed by atoms with Crippen LogP contribution < -0.4 is 5.32 Å². The average Bonchev–Trinajstić information content (AvgIpc) is 2.76. The van der Waals surface area contributed by atoms with Gasteiger partial charge in [-0.15, -0.1) is 17.8 Å². The smallest absolute Gasteiger partial charge is 0.265 e. The van der Waals surface area contributed by atoms with Crippen LogP contribution in [0.25, 0.3) is 0 Å². The molecule has 0 bridgehead atoms. The van der Waals surface area contributed by atoms with Crippen LogP contribution in [0.2, 0.25) is 0 Å². The largest absolute Gasteiger partial charge is 0.321 e. The van der Waals surface area contributed by atoms with Crippen molar-refractivity contribution < 1.29 is 4.79 Å².